The molecule has 0 aliphatic carbocycles. The summed E-state index contributed by atoms with van der Waals surface area (Å²) in [5.74, 6) is 0.727. The van der Waals surface area contributed by atoms with Crippen LogP contribution >= 0.6 is 24.8 Å². The number of hydrogen-bond acceptors (Lipinski definition) is 3. The van der Waals surface area contributed by atoms with E-state index in [-0.39, 0.29) is 30.9 Å². The highest BCUT2D eigenvalue weighted by Gasteiger charge is 2.06. The fraction of sp³-hybridized carbons (Fsp3) is 0.667. The Labute approximate surface area is 84.4 Å². The first kappa shape index (κ1) is 14.2. The van der Waals surface area contributed by atoms with Gasteiger partial charge in [0.05, 0.1) is 6.04 Å². The van der Waals surface area contributed by atoms with Crippen molar-refractivity contribution >= 4 is 24.8 Å². The Morgan fingerprint density at radius 1 is 1.58 bits per heavy atom. The average molecular weight is 213 g/mol. The number of aryl methyl sites for hydroxylation is 1. The molecule has 0 saturated carbocycles. The Hall–Kier alpha value is -0.320. The molecule has 0 aliphatic heterocycles. The summed E-state index contributed by atoms with van der Waals surface area (Å²) in [6.07, 6.45) is 2.54. The van der Waals surface area contributed by atoms with Crippen LogP contribution in [0.15, 0.2) is 6.33 Å². The first-order valence-corrected chi connectivity index (χ1v) is 3.35. The first-order chi connectivity index (χ1) is 4.74. The molecule has 0 fully saturated rings. The lowest BCUT2D eigenvalue weighted by Crippen LogP contribution is -2.10. The number of aromatic nitrogens is 3. The quantitative estimate of drug-likeness (QED) is 0.799. The number of nitrogens with two attached hydrogens (primary N) is 1. The second kappa shape index (κ2) is 6.22. The molecule has 4 nitrogen and oxygen atoms in total. The van der Waals surface area contributed by atoms with Gasteiger partial charge in [0.2, 0.25) is 0 Å². The molecule has 0 radical (unpaired) electrons. The third-order valence-electron chi connectivity index (χ3n) is 1.39. The van der Waals surface area contributed by atoms with Crippen molar-refractivity contribution in [2.75, 3.05) is 0 Å². The minimum Gasteiger partial charge on any atom is -0.321 e. The molecule has 6 heteroatoms. The molecule has 2 N–H and O–H groups in total. The monoisotopic (exact) mass is 212 g/mol. The summed E-state index contributed by atoms with van der Waals surface area (Å²) in [5.41, 5.74) is 5.67. The van der Waals surface area contributed by atoms with Gasteiger partial charge in [-0.25, -0.2) is 4.98 Å². The van der Waals surface area contributed by atoms with Gasteiger partial charge < -0.3 is 5.73 Å². The van der Waals surface area contributed by atoms with Crippen molar-refractivity contribution < 1.29 is 0 Å². The maximum atomic E-state index is 5.67. The minimum absolute atomic E-state index is 0. The van der Waals surface area contributed by atoms with E-state index in [4.69, 9.17) is 5.73 Å². The fourth-order valence-corrected chi connectivity index (χ4v) is 0.708. The second-order valence-electron chi connectivity index (χ2n) is 2.29. The van der Waals surface area contributed by atoms with E-state index in [2.05, 4.69) is 10.1 Å². The number of rotatable bonds is 2. The molecule has 1 rings (SSSR count). The van der Waals surface area contributed by atoms with Gasteiger partial charge in [-0.1, -0.05) is 6.92 Å². The molecule has 0 aliphatic rings. The smallest absolute Gasteiger partial charge is 0.167 e. The fourth-order valence-electron chi connectivity index (χ4n) is 0.708. The molecule has 1 atom stereocenters. The van der Waals surface area contributed by atoms with Gasteiger partial charge in [0, 0.05) is 7.05 Å². The predicted molar refractivity (Wildman–Crippen MR) is 52.7 cm³/mol. The van der Waals surface area contributed by atoms with Crippen LogP contribution in [0, 0.1) is 0 Å². The van der Waals surface area contributed by atoms with Crippen molar-refractivity contribution in [3.8, 4) is 0 Å². The summed E-state index contributed by atoms with van der Waals surface area (Å²) in [6, 6.07) is -0.0128. The highest BCUT2D eigenvalue weighted by molar-refractivity contribution is 5.85. The van der Waals surface area contributed by atoms with Gasteiger partial charge in [0.15, 0.2) is 5.82 Å². The van der Waals surface area contributed by atoms with E-state index in [0.29, 0.717) is 0 Å². The zero-order valence-electron chi connectivity index (χ0n) is 7.10. The van der Waals surface area contributed by atoms with E-state index in [9.17, 15) is 0 Å². The van der Waals surface area contributed by atoms with Gasteiger partial charge >= 0.3 is 0 Å². The molecule has 12 heavy (non-hydrogen) atoms. The molecule has 0 amide bonds. The van der Waals surface area contributed by atoms with E-state index in [1.807, 2.05) is 14.0 Å². The van der Waals surface area contributed by atoms with Crippen LogP contribution in [0.1, 0.15) is 25.2 Å². The van der Waals surface area contributed by atoms with Crippen molar-refractivity contribution in [1.82, 2.24) is 14.8 Å². The average Bonchev–Trinajstić information content (AvgIpc) is 2.34. The summed E-state index contributed by atoms with van der Waals surface area (Å²) in [4.78, 5) is 4.01. The third-order valence-corrected chi connectivity index (χ3v) is 1.39. The largest absolute Gasteiger partial charge is 0.321 e. The van der Waals surface area contributed by atoms with Crippen LogP contribution in [0.25, 0.3) is 0 Å². The Morgan fingerprint density at radius 2 is 2.17 bits per heavy atom. The van der Waals surface area contributed by atoms with Crippen LogP contribution in [-0.4, -0.2) is 14.8 Å². The Balaban J connectivity index is 0. The SMILES string of the molecule is CC[C@H](N)c1ncn(C)n1.Cl.Cl. The molecule has 0 bridgehead atoms. The molecule has 0 spiro atoms. The second-order valence-corrected chi connectivity index (χ2v) is 2.29. The molecule has 0 aromatic carbocycles. The lowest BCUT2D eigenvalue weighted by atomic mass is 10.2. The first-order valence-electron chi connectivity index (χ1n) is 3.35. The molecule has 0 saturated heterocycles. The van der Waals surface area contributed by atoms with Crippen LogP contribution in [0.4, 0.5) is 0 Å². The summed E-state index contributed by atoms with van der Waals surface area (Å²) < 4.78 is 1.66. The Bertz CT molecular complexity index is 213. The number of nitrogens with zero attached hydrogens (tertiary/aromatic N) is 3. The molecule has 1 aromatic rings. The number of hydrogen-bond donors (Lipinski definition) is 1. The van der Waals surface area contributed by atoms with Gasteiger partial charge in [-0.3, -0.25) is 4.68 Å². The van der Waals surface area contributed by atoms with Crippen LogP contribution in [0.3, 0.4) is 0 Å². The lowest BCUT2D eigenvalue weighted by Gasteiger charge is -2.00. The maximum Gasteiger partial charge on any atom is 0.167 e. The Kier molecular flexibility index (Phi) is 7.37. The van der Waals surface area contributed by atoms with Crippen molar-refractivity contribution in [3.63, 3.8) is 0 Å². The van der Waals surface area contributed by atoms with Crippen LogP contribution in [0.5, 0.6) is 0 Å². The molecule has 0 unspecified atom stereocenters. The van der Waals surface area contributed by atoms with E-state index in [1.165, 1.54) is 0 Å². The van der Waals surface area contributed by atoms with Gasteiger partial charge in [-0.15, -0.1) is 24.8 Å². The van der Waals surface area contributed by atoms with Crippen molar-refractivity contribution in [3.05, 3.63) is 12.2 Å². The summed E-state index contributed by atoms with van der Waals surface area (Å²) in [7, 11) is 1.83. The summed E-state index contributed by atoms with van der Waals surface area (Å²) >= 11 is 0. The van der Waals surface area contributed by atoms with Crippen LogP contribution < -0.4 is 5.73 Å². The van der Waals surface area contributed by atoms with Crippen molar-refractivity contribution in [1.29, 1.82) is 0 Å². The predicted octanol–water partition coefficient (Wildman–Crippen LogP) is 1.07. The molecular weight excluding hydrogens is 199 g/mol. The highest BCUT2D eigenvalue weighted by atomic mass is 35.5. The summed E-state index contributed by atoms with van der Waals surface area (Å²) in [5, 5.41) is 4.06. The van der Waals surface area contributed by atoms with Crippen molar-refractivity contribution in [2.45, 2.75) is 19.4 Å². The molecule has 72 valence electrons. The van der Waals surface area contributed by atoms with Gasteiger partial charge in [-0.2, -0.15) is 5.10 Å². The zero-order valence-corrected chi connectivity index (χ0v) is 8.73. The minimum atomic E-state index is -0.0128. The standard InChI is InChI=1S/C6H12N4.2ClH/c1-3-5(7)6-8-4-10(2)9-6;;/h4-5H,3,7H2,1-2H3;2*1H/t5-;;/m0../s1. The Morgan fingerprint density at radius 3 is 2.50 bits per heavy atom. The highest BCUT2D eigenvalue weighted by Crippen LogP contribution is 2.05. The van der Waals surface area contributed by atoms with Gasteiger partial charge in [-0.05, 0) is 6.42 Å². The number of halogens is 2. The topological polar surface area (TPSA) is 56.7 Å². The van der Waals surface area contributed by atoms with Gasteiger partial charge in [0.25, 0.3) is 0 Å². The van der Waals surface area contributed by atoms with E-state index < -0.39 is 0 Å². The lowest BCUT2D eigenvalue weighted by molar-refractivity contribution is 0.632. The van der Waals surface area contributed by atoms with E-state index in [0.717, 1.165) is 12.2 Å². The van der Waals surface area contributed by atoms with Gasteiger partial charge in [0.1, 0.15) is 6.33 Å². The third kappa shape index (κ3) is 3.38. The molecule has 1 heterocycles. The van der Waals surface area contributed by atoms with Crippen LogP contribution in [-0.2, 0) is 7.05 Å². The molecular formula is C6H14Cl2N4. The summed E-state index contributed by atoms with van der Waals surface area (Å²) in [6.45, 7) is 2.01. The van der Waals surface area contributed by atoms with Crippen molar-refractivity contribution in [2.24, 2.45) is 12.8 Å². The maximum absolute atomic E-state index is 5.67. The molecule has 1 aromatic heterocycles. The van der Waals surface area contributed by atoms with Crippen LogP contribution in [0.2, 0.25) is 0 Å². The zero-order chi connectivity index (χ0) is 7.56. The van der Waals surface area contributed by atoms with E-state index in [1.54, 1.807) is 11.0 Å². The van der Waals surface area contributed by atoms with E-state index >= 15 is 0 Å². The normalized spacial score (nSPS) is 11.2.